The van der Waals surface area contributed by atoms with Crippen LogP contribution in [0.2, 0.25) is 0 Å². The van der Waals surface area contributed by atoms with Crippen molar-refractivity contribution in [1.29, 1.82) is 0 Å². The average Bonchev–Trinajstić information content (AvgIpc) is 2.88. The van der Waals surface area contributed by atoms with Gasteiger partial charge in [-0.3, -0.25) is 0 Å². The molecule has 1 aliphatic rings. The van der Waals surface area contributed by atoms with Crippen LogP contribution < -0.4 is 4.90 Å². The van der Waals surface area contributed by atoms with Gasteiger partial charge in [-0.15, -0.1) is 5.10 Å². The van der Waals surface area contributed by atoms with Gasteiger partial charge in [0.25, 0.3) is 0 Å². The highest BCUT2D eigenvalue weighted by atomic mass is 32.1. The molecule has 2 aromatic heterocycles. The Balaban J connectivity index is 1.75. The van der Waals surface area contributed by atoms with E-state index in [1.54, 1.807) is 17.5 Å². The Morgan fingerprint density at radius 1 is 1.50 bits per heavy atom. The summed E-state index contributed by atoms with van der Waals surface area (Å²) < 4.78 is 1.81. The third-order valence-corrected chi connectivity index (χ3v) is 4.87. The summed E-state index contributed by atoms with van der Waals surface area (Å²) in [5, 5.41) is 15.5. The fraction of sp³-hybridized carbons (Fsp3) is 0.667. The second kappa shape index (κ2) is 4.20. The Labute approximate surface area is 110 Å². The molecule has 18 heavy (non-hydrogen) atoms. The highest BCUT2D eigenvalue weighted by Gasteiger charge is 2.31. The fourth-order valence-corrected chi connectivity index (χ4v) is 3.43. The molecule has 1 N–H and O–H groups in total. The highest BCUT2D eigenvalue weighted by molar-refractivity contribution is 7.20. The van der Waals surface area contributed by atoms with Gasteiger partial charge in [-0.2, -0.15) is 0 Å². The Morgan fingerprint density at radius 2 is 2.22 bits per heavy atom. The minimum Gasteiger partial charge on any atom is -0.390 e. The van der Waals surface area contributed by atoms with Gasteiger partial charge < -0.3 is 10.0 Å². The summed E-state index contributed by atoms with van der Waals surface area (Å²) >= 11 is 1.61. The van der Waals surface area contributed by atoms with Crippen molar-refractivity contribution in [3.8, 4) is 0 Å². The summed E-state index contributed by atoms with van der Waals surface area (Å²) in [6.45, 7) is 1.93. The SMILES string of the molecule is CN(c1nn2ccnc2s1)C1CCC(C)(O)CC1. The van der Waals surface area contributed by atoms with Crippen molar-refractivity contribution in [2.75, 3.05) is 11.9 Å². The van der Waals surface area contributed by atoms with Crippen molar-refractivity contribution < 1.29 is 5.11 Å². The van der Waals surface area contributed by atoms with E-state index in [2.05, 4.69) is 22.0 Å². The quantitative estimate of drug-likeness (QED) is 0.902. The lowest BCUT2D eigenvalue weighted by atomic mass is 9.83. The van der Waals surface area contributed by atoms with Gasteiger partial charge >= 0.3 is 0 Å². The lowest BCUT2D eigenvalue weighted by molar-refractivity contribution is 0.0175. The number of fused-ring (bicyclic) bond motifs is 1. The van der Waals surface area contributed by atoms with Crippen LogP contribution in [0.3, 0.4) is 0 Å². The molecule has 0 atom stereocenters. The molecule has 1 fully saturated rings. The van der Waals surface area contributed by atoms with E-state index in [0.717, 1.165) is 35.8 Å². The van der Waals surface area contributed by atoms with E-state index in [1.165, 1.54) is 0 Å². The van der Waals surface area contributed by atoms with Crippen LogP contribution in [-0.2, 0) is 0 Å². The maximum Gasteiger partial charge on any atom is 0.213 e. The van der Waals surface area contributed by atoms with Crippen LogP contribution >= 0.6 is 11.3 Å². The number of aromatic nitrogens is 3. The zero-order chi connectivity index (χ0) is 12.8. The van der Waals surface area contributed by atoms with Gasteiger partial charge in [0, 0.05) is 19.3 Å². The molecule has 0 radical (unpaired) electrons. The van der Waals surface area contributed by atoms with Gasteiger partial charge in [-0.1, -0.05) is 11.3 Å². The zero-order valence-corrected chi connectivity index (χ0v) is 11.5. The second-order valence-electron chi connectivity index (χ2n) is 5.38. The van der Waals surface area contributed by atoms with Crippen molar-refractivity contribution in [2.45, 2.75) is 44.2 Å². The molecule has 5 nitrogen and oxygen atoms in total. The first-order valence-corrected chi connectivity index (χ1v) is 7.12. The summed E-state index contributed by atoms with van der Waals surface area (Å²) in [6.07, 6.45) is 7.40. The first-order valence-electron chi connectivity index (χ1n) is 6.31. The van der Waals surface area contributed by atoms with E-state index in [1.807, 2.05) is 17.6 Å². The lowest BCUT2D eigenvalue weighted by Crippen LogP contribution is -2.40. The van der Waals surface area contributed by atoms with Crippen LogP contribution in [0.5, 0.6) is 0 Å². The van der Waals surface area contributed by atoms with Crippen LogP contribution in [0.15, 0.2) is 12.4 Å². The summed E-state index contributed by atoms with van der Waals surface area (Å²) in [6, 6.07) is 0.473. The molecule has 98 valence electrons. The second-order valence-corrected chi connectivity index (χ2v) is 6.31. The number of aliphatic hydroxyl groups is 1. The van der Waals surface area contributed by atoms with E-state index in [-0.39, 0.29) is 0 Å². The zero-order valence-electron chi connectivity index (χ0n) is 10.7. The van der Waals surface area contributed by atoms with Crippen LogP contribution in [-0.4, -0.2) is 38.4 Å². The molecule has 0 aromatic carbocycles. The normalized spacial score (nSPS) is 28.7. The first-order chi connectivity index (χ1) is 8.55. The molecule has 0 spiro atoms. The predicted molar refractivity (Wildman–Crippen MR) is 72.1 cm³/mol. The van der Waals surface area contributed by atoms with Crippen molar-refractivity contribution in [3.05, 3.63) is 12.4 Å². The third-order valence-electron chi connectivity index (χ3n) is 3.85. The summed E-state index contributed by atoms with van der Waals surface area (Å²) in [7, 11) is 2.09. The highest BCUT2D eigenvalue weighted by Crippen LogP contribution is 2.33. The molecular formula is C12H18N4OS. The number of hydrogen-bond donors (Lipinski definition) is 1. The van der Waals surface area contributed by atoms with Crippen LogP contribution in [0, 0.1) is 0 Å². The predicted octanol–water partition coefficient (Wildman–Crippen LogP) is 1.92. The Hall–Kier alpha value is -1.14. The largest absolute Gasteiger partial charge is 0.390 e. The van der Waals surface area contributed by atoms with Crippen LogP contribution in [0.4, 0.5) is 5.13 Å². The number of rotatable bonds is 2. The number of imidazole rings is 1. The Morgan fingerprint density at radius 3 is 2.89 bits per heavy atom. The lowest BCUT2D eigenvalue weighted by Gasteiger charge is -2.37. The van der Waals surface area contributed by atoms with Crippen LogP contribution in [0.1, 0.15) is 32.6 Å². The monoisotopic (exact) mass is 266 g/mol. The Kier molecular flexibility index (Phi) is 2.79. The maximum absolute atomic E-state index is 9.98. The van der Waals surface area contributed by atoms with E-state index < -0.39 is 5.60 Å². The van der Waals surface area contributed by atoms with E-state index >= 15 is 0 Å². The molecule has 0 unspecified atom stereocenters. The third kappa shape index (κ3) is 2.10. The van der Waals surface area contributed by atoms with Crippen LogP contribution in [0.25, 0.3) is 4.96 Å². The summed E-state index contributed by atoms with van der Waals surface area (Å²) in [5.41, 5.74) is -0.477. The molecule has 1 aliphatic carbocycles. The van der Waals surface area contributed by atoms with Crippen molar-refractivity contribution in [2.24, 2.45) is 0 Å². The molecule has 3 rings (SSSR count). The summed E-state index contributed by atoms with van der Waals surface area (Å²) in [5.74, 6) is 0. The molecule has 6 heteroatoms. The molecule has 0 bridgehead atoms. The molecule has 2 heterocycles. The molecule has 0 aliphatic heterocycles. The molecule has 2 aromatic rings. The van der Waals surface area contributed by atoms with E-state index in [9.17, 15) is 5.11 Å². The minimum absolute atomic E-state index is 0.473. The topological polar surface area (TPSA) is 53.7 Å². The van der Waals surface area contributed by atoms with Gasteiger partial charge in [0.15, 0.2) is 0 Å². The maximum atomic E-state index is 9.98. The number of nitrogens with zero attached hydrogens (tertiary/aromatic N) is 4. The van der Waals surface area contributed by atoms with Gasteiger partial charge in [-0.05, 0) is 32.6 Å². The molecule has 0 saturated heterocycles. The van der Waals surface area contributed by atoms with E-state index in [0.29, 0.717) is 6.04 Å². The van der Waals surface area contributed by atoms with Crippen molar-refractivity contribution in [1.82, 2.24) is 14.6 Å². The number of anilines is 1. The molecule has 1 saturated carbocycles. The Bertz CT molecular complexity index is 509. The fourth-order valence-electron chi connectivity index (χ4n) is 2.54. The average molecular weight is 266 g/mol. The standard InChI is InChI=1S/C12H18N4OS/c1-12(17)5-3-9(4-6-12)15(2)11-14-16-8-7-13-10(16)18-11/h7-9,17H,3-6H2,1-2H3. The van der Waals surface area contributed by atoms with Gasteiger partial charge in [0.1, 0.15) is 0 Å². The van der Waals surface area contributed by atoms with Gasteiger partial charge in [-0.25, -0.2) is 9.50 Å². The minimum atomic E-state index is -0.477. The van der Waals surface area contributed by atoms with Gasteiger partial charge in [0.2, 0.25) is 10.1 Å². The number of hydrogen-bond acceptors (Lipinski definition) is 5. The molecule has 0 amide bonds. The van der Waals surface area contributed by atoms with Crippen molar-refractivity contribution in [3.63, 3.8) is 0 Å². The van der Waals surface area contributed by atoms with Gasteiger partial charge in [0.05, 0.1) is 11.8 Å². The smallest absolute Gasteiger partial charge is 0.213 e. The van der Waals surface area contributed by atoms with E-state index in [4.69, 9.17) is 0 Å². The first kappa shape index (κ1) is 11.9. The summed E-state index contributed by atoms with van der Waals surface area (Å²) in [4.78, 5) is 7.40. The van der Waals surface area contributed by atoms with Crippen molar-refractivity contribution >= 4 is 21.4 Å². The molecular weight excluding hydrogens is 248 g/mol.